The van der Waals surface area contributed by atoms with Gasteiger partial charge in [-0.05, 0) is 61.1 Å². The number of halogens is 2. The predicted octanol–water partition coefficient (Wildman–Crippen LogP) is 4.59. The van der Waals surface area contributed by atoms with Gasteiger partial charge in [-0.25, -0.2) is 0 Å². The summed E-state index contributed by atoms with van der Waals surface area (Å²) in [5, 5.41) is 4.19. The second kappa shape index (κ2) is 10.5. The molecule has 3 rings (SSSR count). The molecule has 0 aliphatic carbocycles. The Bertz CT molecular complexity index is 903. The molecule has 2 aromatic carbocycles. The molecule has 166 valence electrons. The summed E-state index contributed by atoms with van der Waals surface area (Å²) in [7, 11) is 1.52. The lowest BCUT2D eigenvalue weighted by atomic mass is 9.72. The molecular formula is C24H28Cl2N2O3. The summed E-state index contributed by atoms with van der Waals surface area (Å²) in [6.07, 6.45) is 1.88. The molecule has 1 aliphatic heterocycles. The van der Waals surface area contributed by atoms with Crippen molar-refractivity contribution in [3.8, 4) is 11.1 Å². The van der Waals surface area contributed by atoms with Crippen LogP contribution < -0.4 is 5.32 Å². The van der Waals surface area contributed by atoms with E-state index in [0.717, 1.165) is 16.7 Å². The molecule has 5 nitrogen and oxygen atoms in total. The van der Waals surface area contributed by atoms with Crippen LogP contribution in [0.5, 0.6) is 0 Å². The standard InChI is InChI=1S/C24H28Cl2N2O3/c1-3-27-23(30)24(8-10-28(11-9-24)22(29)16-31-2)15-17-4-6-18(7-5-17)19-12-20(25)14-21(26)13-19/h4-7,12-14H,3,8-11,15-16H2,1-2H3,(H,27,30). The van der Waals surface area contributed by atoms with Crippen LogP contribution in [0.4, 0.5) is 0 Å². The van der Waals surface area contributed by atoms with E-state index in [1.54, 1.807) is 11.0 Å². The third-order valence-electron chi connectivity index (χ3n) is 5.85. The number of methoxy groups -OCH3 is 1. The highest BCUT2D eigenvalue weighted by Crippen LogP contribution is 2.36. The van der Waals surface area contributed by atoms with Crippen molar-refractivity contribution in [2.24, 2.45) is 5.41 Å². The van der Waals surface area contributed by atoms with Gasteiger partial charge in [0.2, 0.25) is 11.8 Å². The van der Waals surface area contributed by atoms with Gasteiger partial charge in [-0.15, -0.1) is 0 Å². The van der Waals surface area contributed by atoms with Crippen molar-refractivity contribution in [3.63, 3.8) is 0 Å². The second-order valence-corrected chi connectivity index (χ2v) is 8.86. The Kier molecular flexibility index (Phi) is 7.98. The smallest absolute Gasteiger partial charge is 0.248 e. The number of carbonyl (C=O) groups is 2. The first-order valence-corrected chi connectivity index (χ1v) is 11.2. The van der Waals surface area contributed by atoms with Gasteiger partial charge in [0, 0.05) is 36.8 Å². The van der Waals surface area contributed by atoms with Gasteiger partial charge in [-0.2, -0.15) is 0 Å². The molecule has 2 aromatic rings. The van der Waals surface area contributed by atoms with E-state index in [2.05, 4.69) is 5.32 Å². The number of likely N-dealkylation sites (tertiary alicyclic amines) is 1. The summed E-state index contributed by atoms with van der Waals surface area (Å²) in [6.45, 7) is 3.69. The molecule has 1 N–H and O–H groups in total. The number of hydrogen-bond acceptors (Lipinski definition) is 3. The van der Waals surface area contributed by atoms with Crippen molar-refractivity contribution in [2.45, 2.75) is 26.2 Å². The number of piperidine rings is 1. The number of hydrogen-bond donors (Lipinski definition) is 1. The van der Waals surface area contributed by atoms with Crippen molar-refractivity contribution in [3.05, 3.63) is 58.1 Å². The van der Waals surface area contributed by atoms with Crippen molar-refractivity contribution >= 4 is 35.0 Å². The predicted molar refractivity (Wildman–Crippen MR) is 124 cm³/mol. The Balaban J connectivity index is 1.77. The Labute approximate surface area is 193 Å². The van der Waals surface area contributed by atoms with Crippen molar-refractivity contribution in [2.75, 3.05) is 33.4 Å². The van der Waals surface area contributed by atoms with Crippen LogP contribution in [-0.2, 0) is 20.7 Å². The van der Waals surface area contributed by atoms with E-state index in [1.807, 2.05) is 43.3 Å². The molecule has 0 radical (unpaired) electrons. The summed E-state index contributed by atoms with van der Waals surface area (Å²) in [5.41, 5.74) is 2.52. The number of rotatable bonds is 7. The highest BCUT2D eigenvalue weighted by molar-refractivity contribution is 6.35. The lowest BCUT2D eigenvalue weighted by Gasteiger charge is -2.40. The fraction of sp³-hybridized carbons (Fsp3) is 0.417. The van der Waals surface area contributed by atoms with Gasteiger partial charge >= 0.3 is 0 Å². The van der Waals surface area contributed by atoms with E-state index < -0.39 is 5.41 Å². The largest absolute Gasteiger partial charge is 0.375 e. The Morgan fingerprint density at radius 2 is 1.65 bits per heavy atom. The van der Waals surface area contributed by atoms with Crippen LogP contribution >= 0.6 is 23.2 Å². The molecule has 7 heteroatoms. The number of amides is 2. The first kappa shape index (κ1) is 23.6. The van der Waals surface area contributed by atoms with Crippen LogP contribution in [0.25, 0.3) is 11.1 Å². The van der Waals surface area contributed by atoms with Gasteiger partial charge in [-0.3, -0.25) is 9.59 Å². The molecule has 0 unspecified atom stereocenters. The van der Waals surface area contributed by atoms with Crippen LogP contribution in [-0.4, -0.2) is 50.1 Å². The van der Waals surface area contributed by atoms with E-state index in [9.17, 15) is 9.59 Å². The summed E-state index contributed by atoms with van der Waals surface area (Å²) in [6, 6.07) is 13.6. The van der Waals surface area contributed by atoms with Crippen molar-refractivity contribution in [1.82, 2.24) is 10.2 Å². The first-order valence-electron chi connectivity index (χ1n) is 10.5. The van der Waals surface area contributed by atoms with E-state index in [-0.39, 0.29) is 18.4 Å². The number of benzene rings is 2. The summed E-state index contributed by atoms with van der Waals surface area (Å²) < 4.78 is 4.97. The van der Waals surface area contributed by atoms with Crippen LogP contribution in [0.3, 0.4) is 0 Å². The molecule has 1 fully saturated rings. The fourth-order valence-corrected chi connectivity index (χ4v) is 4.68. The molecule has 31 heavy (non-hydrogen) atoms. The number of carbonyl (C=O) groups excluding carboxylic acids is 2. The fourth-order valence-electron chi connectivity index (χ4n) is 4.16. The molecule has 2 amide bonds. The normalized spacial score (nSPS) is 15.5. The minimum atomic E-state index is -0.527. The van der Waals surface area contributed by atoms with E-state index >= 15 is 0 Å². The lowest BCUT2D eigenvalue weighted by Crippen LogP contribution is -2.51. The highest BCUT2D eigenvalue weighted by Gasteiger charge is 2.42. The maximum absolute atomic E-state index is 13.0. The lowest BCUT2D eigenvalue weighted by molar-refractivity contribution is -0.142. The second-order valence-electron chi connectivity index (χ2n) is 7.99. The zero-order valence-electron chi connectivity index (χ0n) is 17.9. The van der Waals surface area contributed by atoms with Gasteiger partial charge in [0.25, 0.3) is 0 Å². The van der Waals surface area contributed by atoms with Gasteiger partial charge in [-0.1, -0.05) is 47.5 Å². The minimum absolute atomic E-state index is 0.0310. The van der Waals surface area contributed by atoms with Crippen LogP contribution in [0, 0.1) is 5.41 Å². The summed E-state index contributed by atoms with van der Waals surface area (Å²) >= 11 is 12.3. The monoisotopic (exact) mass is 462 g/mol. The molecule has 1 saturated heterocycles. The summed E-state index contributed by atoms with van der Waals surface area (Å²) in [4.78, 5) is 27.0. The minimum Gasteiger partial charge on any atom is -0.375 e. The van der Waals surface area contributed by atoms with E-state index in [4.69, 9.17) is 27.9 Å². The van der Waals surface area contributed by atoms with Crippen molar-refractivity contribution in [1.29, 1.82) is 0 Å². The molecule has 0 saturated carbocycles. The average molecular weight is 463 g/mol. The topological polar surface area (TPSA) is 58.6 Å². The molecule has 0 aromatic heterocycles. The zero-order valence-corrected chi connectivity index (χ0v) is 19.4. The number of nitrogens with zero attached hydrogens (tertiary/aromatic N) is 1. The summed E-state index contributed by atoms with van der Waals surface area (Å²) in [5.74, 6) is 0.0241. The quantitative estimate of drug-likeness (QED) is 0.654. The van der Waals surface area contributed by atoms with Gasteiger partial charge in [0.15, 0.2) is 0 Å². The van der Waals surface area contributed by atoms with Crippen molar-refractivity contribution < 1.29 is 14.3 Å². The van der Waals surface area contributed by atoms with Gasteiger partial charge in [0.05, 0.1) is 5.41 Å². The molecular weight excluding hydrogens is 435 g/mol. The Morgan fingerprint density at radius 3 is 2.19 bits per heavy atom. The number of ether oxygens (including phenoxy) is 1. The molecule has 0 atom stereocenters. The maximum Gasteiger partial charge on any atom is 0.248 e. The highest BCUT2D eigenvalue weighted by atomic mass is 35.5. The van der Waals surface area contributed by atoms with Crippen LogP contribution in [0.1, 0.15) is 25.3 Å². The van der Waals surface area contributed by atoms with Crippen LogP contribution in [0.2, 0.25) is 10.0 Å². The Hall–Kier alpha value is -2.08. The zero-order chi connectivity index (χ0) is 22.4. The molecule has 1 aliphatic rings. The van der Waals surface area contributed by atoms with Gasteiger partial charge < -0.3 is 15.0 Å². The van der Waals surface area contributed by atoms with Gasteiger partial charge in [0.1, 0.15) is 6.61 Å². The maximum atomic E-state index is 13.0. The first-order chi connectivity index (χ1) is 14.9. The molecule has 0 bridgehead atoms. The van der Waals surface area contributed by atoms with E-state index in [1.165, 1.54) is 7.11 Å². The van der Waals surface area contributed by atoms with E-state index in [0.29, 0.717) is 48.9 Å². The average Bonchev–Trinajstić information content (AvgIpc) is 2.74. The molecule has 1 heterocycles. The molecule has 0 spiro atoms. The number of nitrogens with one attached hydrogen (secondary N) is 1. The SMILES string of the molecule is CCNC(=O)C1(Cc2ccc(-c3cc(Cl)cc(Cl)c3)cc2)CCN(C(=O)COC)CC1. The van der Waals surface area contributed by atoms with Crippen LogP contribution in [0.15, 0.2) is 42.5 Å². The Morgan fingerprint density at radius 1 is 1.03 bits per heavy atom. The third-order valence-corrected chi connectivity index (χ3v) is 6.29. The third kappa shape index (κ3) is 5.79.